The lowest BCUT2D eigenvalue weighted by molar-refractivity contribution is 0.251. The molecule has 12 heteroatoms. The molecule has 0 spiro atoms. The highest BCUT2D eigenvalue weighted by atomic mass is 32.2. The molecule has 0 bridgehead atoms. The fraction of sp³-hybridized carbons (Fsp3) is 0.238. The van der Waals surface area contributed by atoms with Crippen LogP contribution in [0, 0.1) is 6.92 Å². The van der Waals surface area contributed by atoms with Gasteiger partial charge in [0.2, 0.25) is 5.16 Å². The van der Waals surface area contributed by atoms with Crippen molar-refractivity contribution in [2.75, 3.05) is 7.11 Å². The van der Waals surface area contributed by atoms with Crippen LogP contribution >= 0.6 is 23.5 Å². The van der Waals surface area contributed by atoms with Crippen molar-refractivity contribution < 1.29 is 13.5 Å². The Bertz CT molecular complexity index is 1320. The van der Waals surface area contributed by atoms with Crippen LogP contribution in [-0.2, 0) is 12.8 Å². The quantitative estimate of drug-likeness (QED) is 0.345. The van der Waals surface area contributed by atoms with Crippen molar-refractivity contribution in [2.24, 2.45) is 7.05 Å². The smallest absolute Gasteiger partial charge is 0.297 e. The largest absolute Gasteiger partial charge is 0.496 e. The van der Waals surface area contributed by atoms with Crippen LogP contribution in [0.25, 0.3) is 11.4 Å². The number of thioether (sulfide) groups is 2. The number of alkyl halides is 2. The van der Waals surface area contributed by atoms with Gasteiger partial charge in [0.1, 0.15) is 5.75 Å². The van der Waals surface area contributed by atoms with Gasteiger partial charge in [0.15, 0.2) is 5.69 Å². The first-order valence-corrected chi connectivity index (χ1v) is 11.6. The van der Waals surface area contributed by atoms with Crippen LogP contribution in [0.1, 0.15) is 11.3 Å². The topological polar surface area (TPSA) is 79.8 Å². The highest BCUT2D eigenvalue weighted by molar-refractivity contribution is 7.99. The summed E-state index contributed by atoms with van der Waals surface area (Å²) in [6, 6.07) is 14.4. The summed E-state index contributed by atoms with van der Waals surface area (Å²) in [5.41, 5.74) is 2.39. The normalized spacial score (nSPS) is 11.3. The lowest BCUT2D eigenvalue weighted by Gasteiger charge is -2.10. The molecule has 172 valence electrons. The van der Waals surface area contributed by atoms with E-state index in [1.807, 2.05) is 37.3 Å². The molecule has 0 unspecified atom stereocenters. The maximum Gasteiger partial charge on any atom is 0.297 e. The van der Waals surface area contributed by atoms with Gasteiger partial charge in [0, 0.05) is 12.8 Å². The zero-order valence-electron chi connectivity index (χ0n) is 18.0. The van der Waals surface area contributed by atoms with Gasteiger partial charge in [-0.3, -0.25) is 9.48 Å². The maximum atomic E-state index is 13.3. The standard InChI is InChI=1S/C21H20F2N6O2S2/c1-13-18(19(30)29(27(13)2)15-7-5-4-6-8-15)28-21(24-25-26-28)32-12-14-9-10-17(33-20(22)23)16(11-14)31-3/h4-11,20H,12H2,1-3H3. The summed E-state index contributed by atoms with van der Waals surface area (Å²) < 4.78 is 35.5. The summed E-state index contributed by atoms with van der Waals surface area (Å²) in [4.78, 5) is 13.6. The van der Waals surface area contributed by atoms with E-state index in [1.54, 1.807) is 34.6 Å². The Morgan fingerprint density at radius 1 is 1.15 bits per heavy atom. The first-order valence-electron chi connectivity index (χ1n) is 9.78. The molecule has 33 heavy (non-hydrogen) atoms. The highest BCUT2D eigenvalue weighted by Crippen LogP contribution is 2.35. The van der Waals surface area contributed by atoms with Gasteiger partial charge in [-0.15, -0.1) is 5.10 Å². The van der Waals surface area contributed by atoms with Gasteiger partial charge in [-0.25, -0.2) is 4.68 Å². The van der Waals surface area contributed by atoms with Crippen molar-refractivity contribution in [3.05, 3.63) is 70.1 Å². The highest BCUT2D eigenvalue weighted by Gasteiger charge is 2.22. The summed E-state index contributed by atoms with van der Waals surface area (Å²) >= 11 is 1.77. The molecule has 0 saturated heterocycles. The fourth-order valence-corrected chi connectivity index (χ4v) is 4.77. The Hall–Kier alpha value is -3.12. The predicted molar refractivity (Wildman–Crippen MR) is 123 cm³/mol. The van der Waals surface area contributed by atoms with Crippen molar-refractivity contribution >= 4 is 23.5 Å². The number of para-hydroxylation sites is 1. The average molecular weight is 491 g/mol. The number of nitrogens with zero attached hydrogens (tertiary/aromatic N) is 6. The van der Waals surface area contributed by atoms with Crippen LogP contribution in [0.5, 0.6) is 5.75 Å². The molecule has 0 saturated carbocycles. The molecule has 4 rings (SSSR count). The zero-order valence-corrected chi connectivity index (χ0v) is 19.6. The minimum Gasteiger partial charge on any atom is -0.496 e. The van der Waals surface area contributed by atoms with Gasteiger partial charge in [0.05, 0.1) is 23.4 Å². The number of rotatable bonds is 8. The molecule has 0 aliphatic heterocycles. The maximum absolute atomic E-state index is 13.3. The molecule has 2 aromatic carbocycles. The van der Waals surface area contributed by atoms with Crippen molar-refractivity contribution in [3.63, 3.8) is 0 Å². The van der Waals surface area contributed by atoms with Crippen LogP contribution in [0.15, 0.2) is 63.4 Å². The summed E-state index contributed by atoms with van der Waals surface area (Å²) in [5.74, 6) is -1.70. The second-order valence-electron chi connectivity index (χ2n) is 6.94. The Labute approximate surface area is 196 Å². The number of hydrogen-bond acceptors (Lipinski definition) is 7. The molecule has 0 fully saturated rings. The third-order valence-corrected chi connectivity index (χ3v) is 6.75. The molecular formula is C21H20F2N6O2S2. The fourth-order valence-electron chi connectivity index (χ4n) is 3.35. The number of ether oxygens (including phenoxy) is 1. The molecule has 8 nitrogen and oxygen atoms in total. The Balaban J connectivity index is 1.62. The number of halogens is 2. The van der Waals surface area contributed by atoms with Crippen molar-refractivity contribution in [1.29, 1.82) is 0 Å². The van der Waals surface area contributed by atoms with E-state index in [9.17, 15) is 13.6 Å². The molecule has 2 heterocycles. The number of benzene rings is 2. The van der Waals surface area contributed by atoms with E-state index in [0.717, 1.165) is 11.3 Å². The van der Waals surface area contributed by atoms with E-state index in [1.165, 1.54) is 23.6 Å². The van der Waals surface area contributed by atoms with E-state index in [4.69, 9.17) is 4.74 Å². The van der Waals surface area contributed by atoms with Gasteiger partial charge in [-0.1, -0.05) is 47.8 Å². The minimum atomic E-state index is -2.53. The Kier molecular flexibility index (Phi) is 6.84. The molecule has 0 radical (unpaired) electrons. The second kappa shape index (κ2) is 9.79. The van der Waals surface area contributed by atoms with Crippen molar-refractivity contribution in [1.82, 2.24) is 29.6 Å². The van der Waals surface area contributed by atoms with Crippen LogP contribution in [0.2, 0.25) is 0 Å². The van der Waals surface area contributed by atoms with Gasteiger partial charge in [-0.05, 0) is 47.2 Å². The number of methoxy groups -OCH3 is 1. The van der Waals surface area contributed by atoms with E-state index >= 15 is 0 Å². The molecule has 2 aromatic heterocycles. The van der Waals surface area contributed by atoms with Gasteiger partial charge in [0.25, 0.3) is 11.3 Å². The zero-order chi connectivity index (χ0) is 23.5. The first-order chi connectivity index (χ1) is 15.9. The second-order valence-corrected chi connectivity index (χ2v) is 8.91. The lowest BCUT2D eigenvalue weighted by atomic mass is 10.2. The molecule has 0 aliphatic rings. The lowest BCUT2D eigenvalue weighted by Crippen LogP contribution is -2.22. The molecular weight excluding hydrogens is 470 g/mol. The van der Waals surface area contributed by atoms with E-state index in [2.05, 4.69) is 15.5 Å². The monoisotopic (exact) mass is 490 g/mol. The van der Waals surface area contributed by atoms with Crippen LogP contribution in [0.3, 0.4) is 0 Å². The van der Waals surface area contributed by atoms with Crippen LogP contribution in [0.4, 0.5) is 8.78 Å². The minimum absolute atomic E-state index is 0.245. The Morgan fingerprint density at radius 2 is 1.91 bits per heavy atom. The summed E-state index contributed by atoms with van der Waals surface area (Å²) in [7, 11) is 3.24. The average Bonchev–Trinajstić information content (AvgIpc) is 3.34. The molecule has 0 N–H and O–H groups in total. The van der Waals surface area contributed by atoms with Crippen molar-refractivity contribution in [2.45, 2.75) is 28.5 Å². The van der Waals surface area contributed by atoms with E-state index in [-0.39, 0.29) is 5.56 Å². The van der Waals surface area contributed by atoms with Crippen molar-refractivity contribution in [3.8, 4) is 17.1 Å². The third-order valence-electron chi connectivity index (χ3n) is 4.99. The van der Waals surface area contributed by atoms with Gasteiger partial charge in [-0.2, -0.15) is 13.5 Å². The number of aromatic nitrogens is 6. The Morgan fingerprint density at radius 3 is 2.61 bits per heavy atom. The van der Waals surface area contributed by atoms with E-state index < -0.39 is 5.76 Å². The van der Waals surface area contributed by atoms with Gasteiger partial charge >= 0.3 is 0 Å². The van der Waals surface area contributed by atoms with Gasteiger partial charge < -0.3 is 4.74 Å². The molecule has 0 atom stereocenters. The number of hydrogen-bond donors (Lipinski definition) is 0. The summed E-state index contributed by atoms with van der Waals surface area (Å²) in [6.07, 6.45) is 0. The first kappa shape index (κ1) is 23.1. The summed E-state index contributed by atoms with van der Waals surface area (Å²) in [5, 5.41) is 12.3. The van der Waals surface area contributed by atoms with E-state index in [0.29, 0.717) is 44.7 Å². The van der Waals surface area contributed by atoms with Crippen LogP contribution in [-0.4, -0.2) is 42.4 Å². The molecule has 0 aliphatic carbocycles. The third kappa shape index (κ3) is 4.67. The molecule has 0 amide bonds. The summed E-state index contributed by atoms with van der Waals surface area (Å²) in [6.45, 7) is 1.83. The SMILES string of the molecule is COc1cc(CSc2nnnn2-c2c(C)n(C)n(-c3ccccc3)c2=O)ccc1SC(F)F. The molecule has 4 aromatic rings. The predicted octanol–water partition coefficient (Wildman–Crippen LogP) is 4.08. The number of tetrazole rings is 1. The van der Waals surface area contributed by atoms with Crippen LogP contribution < -0.4 is 10.3 Å².